The first-order chi connectivity index (χ1) is 13.5. The Morgan fingerprint density at radius 1 is 1.07 bits per heavy atom. The summed E-state index contributed by atoms with van der Waals surface area (Å²) in [6.07, 6.45) is 1.39. The number of halogens is 2. The Morgan fingerprint density at radius 3 is 2.36 bits per heavy atom. The summed E-state index contributed by atoms with van der Waals surface area (Å²) in [5, 5.41) is 5.02. The molecule has 1 fully saturated rings. The number of nitrogens with zero attached hydrogens (tertiary/aromatic N) is 3. The van der Waals surface area contributed by atoms with Crippen LogP contribution in [0.4, 0.5) is 4.39 Å². The summed E-state index contributed by atoms with van der Waals surface area (Å²) < 4.78 is 14.4. The Bertz CT molecular complexity index is 1040. The number of H-pyrrole nitrogens is 1. The van der Waals surface area contributed by atoms with Crippen molar-refractivity contribution in [3.63, 3.8) is 0 Å². The van der Waals surface area contributed by atoms with E-state index in [-0.39, 0.29) is 23.3 Å². The minimum Gasteiger partial charge on any atom is -0.339 e. The van der Waals surface area contributed by atoms with Crippen LogP contribution in [0.15, 0.2) is 53.3 Å². The molecule has 6 nitrogen and oxygen atoms in total. The largest absolute Gasteiger partial charge is 0.348 e. The van der Waals surface area contributed by atoms with Crippen LogP contribution in [0.2, 0.25) is 5.02 Å². The number of piperidine rings is 1. The first-order valence-electron chi connectivity index (χ1n) is 9.01. The highest BCUT2D eigenvalue weighted by Crippen LogP contribution is 2.26. The van der Waals surface area contributed by atoms with Gasteiger partial charge >= 0.3 is 5.69 Å². The number of aromatic nitrogens is 3. The first-order valence-corrected chi connectivity index (χ1v) is 9.39. The van der Waals surface area contributed by atoms with Crippen LogP contribution in [0, 0.1) is 5.82 Å². The molecule has 0 unspecified atom stereocenters. The zero-order valence-electron chi connectivity index (χ0n) is 14.9. The summed E-state index contributed by atoms with van der Waals surface area (Å²) in [6, 6.07) is 12.4. The van der Waals surface area contributed by atoms with Crippen molar-refractivity contribution in [2.45, 2.75) is 18.8 Å². The van der Waals surface area contributed by atoms with E-state index in [0.29, 0.717) is 48.0 Å². The molecule has 8 heteroatoms. The van der Waals surface area contributed by atoms with Crippen molar-refractivity contribution in [3.05, 3.63) is 81.2 Å². The summed E-state index contributed by atoms with van der Waals surface area (Å²) >= 11 is 5.89. The monoisotopic (exact) mass is 400 g/mol. The molecule has 0 bridgehead atoms. The van der Waals surface area contributed by atoms with Gasteiger partial charge in [-0.3, -0.25) is 9.78 Å². The van der Waals surface area contributed by atoms with Crippen LogP contribution < -0.4 is 5.69 Å². The van der Waals surface area contributed by atoms with E-state index in [0.717, 1.165) is 0 Å². The van der Waals surface area contributed by atoms with Gasteiger partial charge in [0.2, 0.25) is 0 Å². The van der Waals surface area contributed by atoms with Gasteiger partial charge in [-0.2, -0.15) is 4.68 Å². The average Bonchev–Trinajstić information content (AvgIpc) is 3.10. The summed E-state index contributed by atoms with van der Waals surface area (Å²) in [5.74, 6) is 0.210. The highest BCUT2D eigenvalue weighted by molar-refractivity contribution is 6.30. The molecule has 2 heterocycles. The molecule has 1 aliphatic rings. The van der Waals surface area contributed by atoms with Crippen molar-refractivity contribution in [2.75, 3.05) is 13.1 Å². The van der Waals surface area contributed by atoms with Gasteiger partial charge in [0, 0.05) is 29.6 Å². The molecule has 3 aromatic rings. The lowest BCUT2D eigenvalue weighted by atomic mass is 9.95. The minimum absolute atomic E-state index is 0.0681. The molecule has 0 saturated carbocycles. The Morgan fingerprint density at radius 2 is 1.71 bits per heavy atom. The summed E-state index contributed by atoms with van der Waals surface area (Å²) in [7, 11) is 0. The van der Waals surface area contributed by atoms with E-state index in [9.17, 15) is 14.0 Å². The fourth-order valence-corrected chi connectivity index (χ4v) is 3.54. The van der Waals surface area contributed by atoms with Crippen LogP contribution in [0.1, 0.15) is 34.9 Å². The van der Waals surface area contributed by atoms with Crippen LogP contribution >= 0.6 is 11.6 Å². The van der Waals surface area contributed by atoms with E-state index >= 15 is 0 Å². The van der Waals surface area contributed by atoms with E-state index in [1.54, 1.807) is 29.2 Å². The Kier molecular flexibility index (Phi) is 5.00. The van der Waals surface area contributed by atoms with Gasteiger partial charge in [0.05, 0.1) is 5.69 Å². The third-order valence-corrected chi connectivity index (χ3v) is 5.22. The predicted molar refractivity (Wildman–Crippen MR) is 103 cm³/mol. The van der Waals surface area contributed by atoms with E-state index in [4.69, 9.17) is 11.6 Å². The molecule has 0 spiro atoms. The molecule has 2 aromatic carbocycles. The molecular formula is C20H18ClFN4O2. The molecule has 4 rings (SSSR count). The number of carbonyl (C=O) groups excluding carboxylic acids is 1. The van der Waals surface area contributed by atoms with Gasteiger partial charge in [0.25, 0.3) is 5.91 Å². The van der Waals surface area contributed by atoms with Gasteiger partial charge < -0.3 is 4.90 Å². The first kappa shape index (κ1) is 18.4. The highest BCUT2D eigenvalue weighted by atomic mass is 35.5. The molecule has 1 aliphatic heterocycles. The maximum absolute atomic E-state index is 13.0. The second-order valence-electron chi connectivity index (χ2n) is 6.78. The van der Waals surface area contributed by atoms with Gasteiger partial charge in [0.1, 0.15) is 11.6 Å². The average molecular weight is 401 g/mol. The number of hydrogen-bond acceptors (Lipinski definition) is 3. The Hall–Kier alpha value is -2.93. The fraction of sp³-hybridized carbons (Fsp3) is 0.250. The lowest BCUT2D eigenvalue weighted by Crippen LogP contribution is -2.38. The van der Waals surface area contributed by atoms with E-state index in [2.05, 4.69) is 10.1 Å². The van der Waals surface area contributed by atoms with Gasteiger partial charge in [-0.25, -0.2) is 9.18 Å². The van der Waals surface area contributed by atoms with Crippen molar-refractivity contribution in [1.29, 1.82) is 0 Å². The molecule has 1 saturated heterocycles. The third-order valence-electron chi connectivity index (χ3n) is 4.97. The number of aromatic amines is 1. The Labute approximate surface area is 165 Å². The van der Waals surface area contributed by atoms with E-state index < -0.39 is 0 Å². The number of benzene rings is 2. The number of rotatable bonds is 3. The van der Waals surface area contributed by atoms with Crippen molar-refractivity contribution >= 4 is 17.5 Å². The molecule has 0 aliphatic carbocycles. The number of likely N-dealkylation sites (tertiary alicyclic amines) is 1. The van der Waals surface area contributed by atoms with E-state index in [1.807, 2.05) is 0 Å². The van der Waals surface area contributed by atoms with Crippen molar-refractivity contribution in [3.8, 4) is 5.69 Å². The van der Waals surface area contributed by atoms with Crippen LogP contribution in [0.5, 0.6) is 0 Å². The van der Waals surface area contributed by atoms with Crippen LogP contribution in [-0.2, 0) is 0 Å². The van der Waals surface area contributed by atoms with Gasteiger partial charge in [0.15, 0.2) is 0 Å². The predicted octanol–water partition coefficient (Wildman–Crippen LogP) is 3.37. The molecule has 28 heavy (non-hydrogen) atoms. The summed E-state index contributed by atoms with van der Waals surface area (Å²) in [4.78, 5) is 29.4. The smallest absolute Gasteiger partial charge is 0.339 e. The molecule has 1 N–H and O–H groups in total. The summed E-state index contributed by atoms with van der Waals surface area (Å²) in [6.45, 7) is 1.10. The lowest BCUT2D eigenvalue weighted by molar-refractivity contribution is 0.0711. The number of carbonyl (C=O) groups is 1. The highest BCUT2D eigenvalue weighted by Gasteiger charge is 2.27. The SMILES string of the molecule is O=C(c1ccc(F)cc1)N1CCC(c2nn(-c3ccc(Cl)cc3)c(=O)[nH]2)CC1. The number of amides is 1. The molecule has 0 atom stereocenters. The zero-order valence-corrected chi connectivity index (χ0v) is 15.7. The molecule has 1 amide bonds. The van der Waals surface area contributed by atoms with Crippen molar-refractivity contribution in [2.24, 2.45) is 0 Å². The maximum atomic E-state index is 13.0. The summed E-state index contributed by atoms with van der Waals surface area (Å²) in [5.41, 5.74) is 0.809. The third kappa shape index (κ3) is 3.71. The maximum Gasteiger partial charge on any atom is 0.348 e. The van der Waals surface area contributed by atoms with Gasteiger partial charge in [-0.05, 0) is 61.4 Å². The minimum atomic E-state index is -0.365. The van der Waals surface area contributed by atoms with Gasteiger partial charge in [-0.1, -0.05) is 11.6 Å². The number of hydrogen-bond donors (Lipinski definition) is 1. The number of nitrogens with one attached hydrogen (secondary N) is 1. The Balaban J connectivity index is 1.45. The van der Waals surface area contributed by atoms with Crippen LogP contribution in [-0.4, -0.2) is 38.7 Å². The topological polar surface area (TPSA) is 71.0 Å². The second-order valence-corrected chi connectivity index (χ2v) is 7.21. The molecule has 144 valence electrons. The quantitative estimate of drug-likeness (QED) is 0.732. The van der Waals surface area contributed by atoms with Crippen molar-refractivity contribution in [1.82, 2.24) is 19.7 Å². The molecule has 1 aromatic heterocycles. The lowest BCUT2D eigenvalue weighted by Gasteiger charge is -2.31. The fourth-order valence-electron chi connectivity index (χ4n) is 3.41. The standard InChI is InChI=1S/C20H18ClFN4O2/c21-15-3-7-17(8-4-15)26-20(28)23-18(24-26)13-9-11-25(12-10-13)19(27)14-1-5-16(22)6-2-14/h1-8,13H,9-12H2,(H,23,24,28). The zero-order chi connectivity index (χ0) is 19.7. The van der Waals surface area contributed by atoms with Crippen LogP contribution in [0.25, 0.3) is 5.69 Å². The molecule has 0 radical (unpaired) electrons. The second kappa shape index (κ2) is 7.59. The van der Waals surface area contributed by atoms with Crippen molar-refractivity contribution < 1.29 is 9.18 Å². The normalized spacial score (nSPS) is 15.0. The van der Waals surface area contributed by atoms with Gasteiger partial charge in [-0.15, -0.1) is 5.10 Å². The van der Waals surface area contributed by atoms with Crippen LogP contribution in [0.3, 0.4) is 0 Å². The van der Waals surface area contributed by atoms with E-state index in [1.165, 1.54) is 28.9 Å². The molecular weight excluding hydrogens is 383 g/mol.